The van der Waals surface area contributed by atoms with Crippen LogP contribution in [0.4, 0.5) is 4.79 Å². The molecular weight excluding hydrogens is 270 g/mol. The van der Waals surface area contributed by atoms with Crippen LogP contribution in [0.2, 0.25) is 0 Å². The average molecular weight is 287 g/mol. The van der Waals surface area contributed by atoms with Crippen LogP contribution >= 0.6 is 0 Å². The Balaban J connectivity index is 2.62. The summed E-state index contributed by atoms with van der Waals surface area (Å²) in [5.41, 5.74) is 6.62. The summed E-state index contributed by atoms with van der Waals surface area (Å²) in [4.78, 5) is 15.6. The first kappa shape index (κ1) is 15.0. The highest BCUT2D eigenvalue weighted by Gasteiger charge is 2.18. The van der Waals surface area contributed by atoms with Crippen molar-refractivity contribution in [1.82, 2.24) is 20.7 Å². The zero-order valence-corrected chi connectivity index (χ0v) is 12.0. The number of sulfonamides is 1. The van der Waals surface area contributed by atoms with Crippen LogP contribution in [0.5, 0.6) is 0 Å². The van der Waals surface area contributed by atoms with E-state index in [2.05, 4.69) is 15.8 Å². The van der Waals surface area contributed by atoms with Crippen LogP contribution in [0.1, 0.15) is 27.7 Å². The normalized spacial score (nSPS) is 16.2. The molecule has 0 spiro atoms. The molecule has 0 saturated carbocycles. The predicted molar refractivity (Wildman–Crippen MR) is 71.9 cm³/mol. The Labute approximate surface area is 112 Å². The van der Waals surface area contributed by atoms with E-state index >= 15 is 0 Å². The van der Waals surface area contributed by atoms with Crippen LogP contribution in [0.15, 0.2) is 27.4 Å². The lowest BCUT2D eigenvalue weighted by molar-refractivity contribution is 0.208. The lowest BCUT2D eigenvalue weighted by Gasteiger charge is -2.25. The fourth-order valence-electron chi connectivity index (χ4n) is 1.08. The van der Waals surface area contributed by atoms with Gasteiger partial charge in [-0.2, -0.15) is 5.12 Å². The zero-order valence-electron chi connectivity index (χ0n) is 11.2. The monoisotopic (exact) mass is 287 g/mol. The van der Waals surface area contributed by atoms with Crippen LogP contribution in [0.3, 0.4) is 0 Å². The molecule has 3 N–H and O–H groups in total. The van der Waals surface area contributed by atoms with Crippen molar-refractivity contribution < 1.29 is 13.2 Å². The molecule has 0 atom stereocenters. The maximum atomic E-state index is 11.6. The number of allylic oxidation sites excluding steroid dienone is 4. The number of aliphatic imine (C=N–C) groups is 1. The lowest BCUT2D eigenvalue weighted by Crippen LogP contribution is -2.54. The molecule has 8 nitrogen and oxygen atoms in total. The van der Waals surface area contributed by atoms with Gasteiger partial charge in [0.15, 0.2) is 0 Å². The Morgan fingerprint density at radius 2 is 2.11 bits per heavy atom. The number of nitrogens with zero attached hydrogens (tertiary/aromatic N) is 2. The molecule has 1 aliphatic heterocycles. The van der Waals surface area contributed by atoms with E-state index < -0.39 is 16.1 Å². The molecule has 0 aromatic carbocycles. The third-order valence-corrected chi connectivity index (χ3v) is 4.01. The molecule has 1 heterocycles. The van der Waals surface area contributed by atoms with Gasteiger partial charge in [0, 0.05) is 0 Å². The van der Waals surface area contributed by atoms with E-state index in [1.54, 1.807) is 20.8 Å². The average Bonchev–Trinajstić information content (AvgIpc) is 2.32. The minimum atomic E-state index is -3.80. The van der Waals surface area contributed by atoms with Crippen LogP contribution in [0.25, 0.3) is 0 Å². The van der Waals surface area contributed by atoms with Crippen molar-refractivity contribution in [3.8, 4) is 0 Å². The zero-order chi connectivity index (χ0) is 14.6. The molecule has 0 aromatic rings. The summed E-state index contributed by atoms with van der Waals surface area (Å²) in [6.07, 6.45) is 2.73. The summed E-state index contributed by atoms with van der Waals surface area (Å²) in [7, 11) is -3.80. The molecule has 0 aromatic heterocycles. The summed E-state index contributed by atoms with van der Waals surface area (Å²) in [5, 5.41) is 1.16. The van der Waals surface area contributed by atoms with Crippen LogP contribution < -0.4 is 15.6 Å². The van der Waals surface area contributed by atoms with Crippen LogP contribution in [-0.2, 0) is 10.0 Å². The van der Waals surface area contributed by atoms with E-state index in [1.165, 1.54) is 19.3 Å². The third-order valence-electron chi connectivity index (χ3n) is 2.48. The highest BCUT2D eigenvalue weighted by molar-refractivity contribution is 7.93. The molecule has 0 fully saturated rings. The Bertz CT molecular complexity index is 562. The Morgan fingerprint density at radius 1 is 1.47 bits per heavy atom. The second kappa shape index (κ2) is 5.74. The van der Waals surface area contributed by atoms with Gasteiger partial charge in [-0.1, -0.05) is 6.08 Å². The molecule has 19 heavy (non-hydrogen) atoms. The molecule has 0 unspecified atom stereocenters. The minimum Gasteiger partial charge on any atom is -0.281 e. The first-order chi connectivity index (χ1) is 8.76. The smallest absolute Gasteiger partial charge is 0.281 e. The van der Waals surface area contributed by atoms with E-state index in [0.29, 0.717) is 0 Å². The molecule has 9 heteroatoms. The highest BCUT2D eigenvalue weighted by atomic mass is 32.2. The number of rotatable bonds is 3. The van der Waals surface area contributed by atoms with Crippen molar-refractivity contribution in [2.24, 2.45) is 4.99 Å². The van der Waals surface area contributed by atoms with Gasteiger partial charge in [-0.05, 0) is 27.7 Å². The predicted octanol–water partition coefficient (Wildman–Crippen LogP) is 0.554. The second-order valence-electron chi connectivity index (χ2n) is 3.88. The molecule has 0 saturated heterocycles. The van der Waals surface area contributed by atoms with E-state index in [0.717, 1.165) is 16.5 Å². The molecule has 0 aliphatic carbocycles. The van der Waals surface area contributed by atoms with Crippen molar-refractivity contribution in [3.63, 3.8) is 0 Å². The van der Waals surface area contributed by atoms with Gasteiger partial charge < -0.3 is 0 Å². The van der Waals surface area contributed by atoms with Gasteiger partial charge in [0.05, 0.1) is 16.3 Å². The summed E-state index contributed by atoms with van der Waals surface area (Å²) >= 11 is 0. The summed E-state index contributed by atoms with van der Waals surface area (Å²) in [5.74, 6) is 0. The second-order valence-corrected chi connectivity index (χ2v) is 5.74. The van der Waals surface area contributed by atoms with E-state index in [9.17, 15) is 13.2 Å². The van der Waals surface area contributed by atoms with Gasteiger partial charge in [-0.25, -0.2) is 28.4 Å². The molecule has 0 radical (unpaired) electrons. The quantitative estimate of drug-likeness (QED) is 0.703. The number of hydrogen-bond donors (Lipinski definition) is 3. The summed E-state index contributed by atoms with van der Waals surface area (Å²) in [6.45, 7) is 6.55. The highest BCUT2D eigenvalue weighted by Crippen LogP contribution is 2.05. The summed E-state index contributed by atoms with van der Waals surface area (Å²) in [6, 6.07) is -0.882. The molecular formula is C10H17N5O3S. The van der Waals surface area contributed by atoms with Crippen molar-refractivity contribution in [2.75, 3.05) is 0 Å². The standard InChI is InChI=1S/C10H17N5O3S/c1-5-7(2)19(17,18)14-10(16)13-15-6-11-8(3)9(4)12-15/h5-6,12H,1-4H3,(H2,13,14,16)/b7-5-. The Hall–Kier alpha value is -2.03. The van der Waals surface area contributed by atoms with Crippen molar-refractivity contribution in [1.29, 1.82) is 0 Å². The third kappa shape index (κ3) is 3.98. The van der Waals surface area contributed by atoms with Gasteiger partial charge in [0.2, 0.25) is 0 Å². The SMILES string of the molecule is C/C=C(/C)S(=O)(=O)NC(=O)NN1C=NC(C)=C(C)N1. The van der Waals surface area contributed by atoms with Crippen LogP contribution in [0, 0.1) is 0 Å². The molecule has 2 amide bonds. The Kier molecular flexibility index (Phi) is 4.54. The van der Waals surface area contributed by atoms with Gasteiger partial charge in [-0.15, -0.1) is 0 Å². The lowest BCUT2D eigenvalue weighted by atomic mass is 10.4. The summed E-state index contributed by atoms with van der Waals surface area (Å²) < 4.78 is 25.1. The number of nitrogens with one attached hydrogen (secondary N) is 3. The fraction of sp³-hybridized carbons (Fsp3) is 0.400. The number of hydrogen-bond acceptors (Lipinski definition) is 6. The van der Waals surface area contributed by atoms with Gasteiger partial charge in [-0.3, -0.25) is 5.43 Å². The number of urea groups is 1. The van der Waals surface area contributed by atoms with E-state index in [-0.39, 0.29) is 4.91 Å². The molecule has 0 bridgehead atoms. The number of carbonyl (C=O) groups is 1. The maximum Gasteiger partial charge on any atom is 0.349 e. The van der Waals surface area contributed by atoms with Crippen molar-refractivity contribution >= 4 is 22.4 Å². The van der Waals surface area contributed by atoms with Gasteiger partial charge >= 0.3 is 6.03 Å². The number of hydrazine groups is 2. The maximum absolute atomic E-state index is 11.6. The topological polar surface area (TPSA) is 103 Å². The largest absolute Gasteiger partial charge is 0.349 e. The van der Waals surface area contributed by atoms with Gasteiger partial charge in [0.1, 0.15) is 6.34 Å². The van der Waals surface area contributed by atoms with Gasteiger partial charge in [0.25, 0.3) is 10.0 Å². The number of carbonyl (C=O) groups excluding carboxylic acids is 1. The minimum absolute atomic E-state index is 0.0647. The molecule has 106 valence electrons. The van der Waals surface area contributed by atoms with Crippen molar-refractivity contribution in [3.05, 3.63) is 22.4 Å². The van der Waals surface area contributed by atoms with Crippen molar-refractivity contribution in [2.45, 2.75) is 27.7 Å². The number of amides is 2. The fourth-order valence-corrected chi connectivity index (χ4v) is 1.84. The first-order valence-corrected chi connectivity index (χ1v) is 6.98. The van der Waals surface area contributed by atoms with Crippen LogP contribution in [-0.4, -0.2) is 25.9 Å². The van der Waals surface area contributed by atoms with E-state index in [4.69, 9.17) is 0 Å². The Morgan fingerprint density at radius 3 is 2.63 bits per heavy atom. The molecule has 1 rings (SSSR count). The first-order valence-electron chi connectivity index (χ1n) is 5.50. The van der Waals surface area contributed by atoms with E-state index in [1.807, 2.05) is 4.72 Å². The molecule has 1 aliphatic rings.